The Morgan fingerprint density at radius 1 is 1.36 bits per heavy atom. The highest BCUT2D eigenvalue weighted by molar-refractivity contribution is 7.71. The molecule has 3 nitrogen and oxygen atoms in total. The van der Waals surface area contributed by atoms with Gasteiger partial charge in [0.25, 0.3) is 0 Å². The van der Waals surface area contributed by atoms with Crippen molar-refractivity contribution in [3.05, 3.63) is 16.4 Å². The first-order chi connectivity index (χ1) is 6.30. The highest BCUT2D eigenvalue weighted by atomic mass is 32.1. The summed E-state index contributed by atoms with van der Waals surface area (Å²) in [5.74, 6) is 0.808. The summed E-state index contributed by atoms with van der Waals surface area (Å²) < 4.78 is 0.636. The molecule has 0 aliphatic carbocycles. The SMILES string of the molecule is CN(C)c1nc(=S)cc(C(C)(C)C)[nH]1. The molecule has 0 atom stereocenters. The first-order valence-corrected chi connectivity index (χ1v) is 5.00. The number of rotatable bonds is 1. The maximum Gasteiger partial charge on any atom is 0.203 e. The van der Waals surface area contributed by atoms with E-state index in [9.17, 15) is 0 Å². The normalized spacial score (nSPS) is 11.5. The lowest BCUT2D eigenvalue weighted by atomic mass is 9.92. The predicted molar refractivity (Wildman–Crippen MR) is 62.4 cm³/mol. The number of H-pyrrole nitrogens is 1. The lowest BCUT2D eigenvalue weighted by molar-refractivity contribution is 0.566. The van der Waals surface area contributed by atoms with Crippen LogP contribution in [-0.2, 0) is 5.41 Å². The van der Waals surface area contributed by atoms with Crippen molar-refractivity contribution in [1.29, 1.82) is 0 Å². The van der Waals surface area contributed by atoms with E-state index >= 15 is 0 Å². The Morgan fingerprint density at radius 3 is 2.36 bits per heavy atom. The molecule has 0 spiro atoms. The standard InChI is InChI=1S/C10H17N3S/c1-10(2,3)7-6-8(14)12-9(11-7)13(4)5/h6H,1-5H3,(H,11,12,14). The van der Waals surface area contributed by atoms with Gasteiger partial charge in [0.05, 0.1) is 0 Å². The van der Waals surface area contributed by atoms with Crippen LogP contribution in [-0.4, -0.2) is 24.1 Å². The molecule has 1 N–H and O–H groups in total. The van der Waals surface area contributed by atoms with Crippen LogP contribution >= 0.6 is 12.2 Å². The van der Waals surface area contributed by atoms with Crippen LogP contribution < -0.4 is 4.90 Å². The molecule has 1 heterocycles. The zero-order valence-corrected chi connectivity index (χ0v) is 10.2. The summed E-state index contributed by atoms with van der Waals surface area (Å²) in [6.07, 6.45) is 0. The molecule has 0 aliphatic rings. The fraction of sp³-hybridized carbons (Fsp3) is 0.600. The summed E-state index contributed by atoms with van der Waals surface area (Å²) >= 11 is 5.12. The van der Waals surface area contributed by atoms with E-state index in [4.69, 9.17) is 12.2 Å². The Labute approximate surface area is 90.2 Å². The van der Waals surface area contributed by atoms with E-state index in [2.05, 4.69) is 30.7 Å². The molecule has 0 saturated heterocycles. The van der Waals surface area contributed by atoms with Gasteiger partial charge in [-0.1, -0.05) is 33.0 Å². The van der Waals surface area contributed by atoms with Gasteiger partial charge in [0, 0.05) is 25.2 Å². The number of aromatic amines is 1. The molecule has 14 heavy (non-hydrogen) atoms. The highest BCUT2D eigenvalue weighted by Crippen LogP contribution is 2.21. The van der Waals surface area contributed by atoms with Crippen molar-refractivity contribution in [3.63, 3.8) is 0 Å². The van der Waals surface area contributed by atoms with Gasteiger partial charge in [-0.3, -0.25) is 0 Å². The molecular formula is C10H17N3S. The molecule has 0 amide bonds. The zero-order valence-electron chi connectivity index (χ0n) is 9.38. The van der Waals surface area contributed by atoms with Crippen LogP contribution in [0.15, 0.2) is 6.07 Å². The number of hydrogen-bond acceptors (Lipinski definition) is 3. The van der Waals surface area contributed by atoms with E-state index in [0.717, 1.165) is 11.6 Å². The Balaban J connectivity index is 3.28. The maximum atomic E-state index is 5.12. The van der Waals surface area contributed by atoms with Crippen molar-refractivity contribution in [3.8, 4) is 0 Å². The van der Waals surface area contributed by atoms with Gasteiger partial charge in [-0.2, -0.15) is 0 Å². The Morgan fingerprint density at radius 2 is 1.93 bits per heavy atom. The average Bonchev–Trinajstić information content (AvgIpc) is 2.01. The van der Waals surface area contributed by atoms with E-state index in [-0.39, 0.29) is 5.41 Å². The molecule has 0 unspecified atom stereocenters. The highest BCUT2D eigenvalue weighted by Gasteiger charge is 2.15. The third-order valence-corrected chi connectivity index (χ3v) is 2.17. The minimum Gasteiger partial charge on any atom is -0.349 e. The number of anilines is 1. The van der Waals surface area contributed by atoms with Crippen molar-refractivity contribution in [2.75, 3.05) is 19.0 Å². The quantitative estimate of drug-likeness (QED) is 0.724. The van der Waals surface area contributed by atoms with Crippen LogP contribution in [0.1, 0.15) is 26.5 Å². The largest absolute Gasteiger partial charge is 0.349 e. The molecule has 1 aromatic rings. The van der Waals surface area contributed by atoms with E-state index in [1.54, 1.807) is 0 Å². The molecule has 0 aromatic carbocycles. The molecule has 78 valence electrons. The smallest absolute Gasteiger partial charge is 0.203 e. The topological polar surface area (TPSA) is 31.9 Å². The molecule has 4 heteroatoms. The second-order valence-corrected chi connectivity index (χ2v) is 5.02. The van der Waals surface area contributed by atoms with Crippen molar-refractivity contribution in [2.45, 2.75) is 26.2 Å². The van der Waals surface area contributed by atoms with Crippen molar-refractivity contribution < 1.29 is 0 Å². The number of nitrogens with zero attached hydrogens (tertiary/aromatic N) is 2. The zero-order chi connectivity index (χ0) is 10.9. The summed E-state index contributed by atoms with van der Waals surface area (Å²) in [5, 5.41) is 0. The molecule has 0 bridgehead atoms. The number of nitrogens with one attached hydrogen (secondary N) is 1. The third-order valence-electron chi connectivity index (χ3n) is 1.96. The van der Waals surface area contributed by atoms with E-state index in [1.807, 2.05) is 25.1 Å². The molecule has 0 aliphatic heterocycles. The van der Waals surface area contributed by atoms with Gasteiger partial charge >= 0.3 is 0 Å². The molecule has 0 saturated carbocycles. The first-order valence-electron chi connectivity index (χ1n) is 4.60. The molecule has 1 aromatic heterocycles. The van der Waals surface area contributed by atoms with Crippen LogP contribution in [0.4, 0.5) is 5.95 Å². The molecule has 0 fully saturated rings. The monoisotopic (exact) mass is 211 g/mol. The van der Waals surface area contributed by atoms with Gasteiger partial charge < -0.3 is 9.88 Å². The summed E-state index contributed by atoms with van der Waals surface area (Å²) in [6, 6.07) is 1.92. The van der Waals surface area contributed by atoms with Gasteiger partial charge in [-0.05, 0) is 6.07 Å². The molecule has 1 rings (SSSR count). The molecule has 0 radical (unpaired) electrons. The minimum atomic E-state index is 0.0707. The van der Waals surface area contributed by atoms with Gasteiger partial charge in [0.15, 0.2) is 0 Å². The lowest BCUT2D eigenvalue weighted by Gasteiger charge is -2.21. The van der Waals surface area contributed by atoms with Gasteiger partial charge in [-0.15, -0.1) is 0 Å². The fourth-order valence-corrected chi connectivity index (χ4v) is 1.26. The van der Waals surface area contributed by atoms with E-state index < -0.39 is 0 Å². The van der Waals surface area contributed by atoms with Gasteiger partial charge in [0.1, 0.15) is 4.64 Å². The second-order valence-electron chi connectivity index (χ2n) is 4.60. The Hall–Kier alpha value is -0.900. The van der Waals surface area contributed by atoms with E-state index in [1.165, 1.54) is 0 Å². The minimum absolute atomic E-state index is 0.0707. The van der Waals surface area contributed by atoms with Crippen molar-refractivity contribution in [1.82, 2.24) is 9.97 Å². The van der Waals surface area contributed by atoms with Crippen LogP contribution in [0.3, 0.4) is 0 Å². The summed E-state index contributed by atoms with van der Waals surface area (Å²) in [4.78, 5) is 9.43. The first kappa shape index (κ1) is 11.2. The number of aromatic nitrogens is 2. The lowest BCUT2D eigenvalue weighted by Crippen LogP contribution is -2.19. The fourth-order valence-electron chi connectivity index (χ4n) is 1.06. The van der Waals surface area contributed by atoms with Crippen LogP contribution in [0.25, 0.3) is 0 Å². The van der Waals surface area contributed by atoms with Crippen molar-refractivity contribution >= 4 is 18.2 Å². The van der Waals surface area contributed by atoms with Crippen LogP contribution in [0.5, 0.6) is 0 Å². The summed E-state index contributed by atoms with van der Waals surface area (Å²) in [6.45, 7) is 6.44. The predicted octanol–water partition coefficient (Wildman–Crippen LogP) is 2.50. The second kappa shape index (κ2) is 3.69. The Bertz CT molecular complexity index is 374. The maximum absolute atomic E-state index is 5.12. The Kier molecular flexibility index (Phi) is 2.95. The average molecular weight is 211 g/mol. The van der Waals surface area contributed by atoms with E-state index in [0.29, 0.717) is 4.64 Å². The number of hydrogen-bond donors (Lipinski definition) is 1. The molecular weight excluding hydrogens is 194 g/mol. The van der Waals surface area contributed by atoms with Crippen LogP contribution in [0.2, 0.25) is 0 Å². The van der Waals surface area contributed by atoms with Gasteiger partial charge in [0.2, 0.25) is 5.95 Å². The van der Waals surface area contributed by atoms with Crippen molar-refractivity contribution in [2.24, 2.45) is 0 Å². The van der Waals surface area contributed by atoms with Gasteiger partial charge in [-0.25, -0.2) is 4.98 Å². The third kappa shape index (κ3) is 2.54. The summed E-state index contributed by atoms with van der Waals surface area (Å²) in [5.41, 5.74) is 1.18. The van der Waals surface area contributed by atoms with Crippen LogP contribution in [0, 0.1) is 4.64 Å². The summed E-state index contributed by atoms with van der Waals surface area (Å²) in [7, 11) is 3.89.